The molecule has 226 valence electrons. The SMILES string of the molecule is CCOc1ccc(N(CC(=O)Nc2ccc(S(=O)(=O)Nc3cccc4ccccc34)cc2)S(=O)(=O)c2ccc(F)cc2)cc1. The quantitative estimate of drug-likeness (QED) is 0.184. The number of fused-ring (bicyclic) bond motifs is 1. The van der Waals surface area contributed by atoms with Crippen LogP contribution in [0, 0.1) is 5.82 Å². The molecule has 1 amide bonds. The number of carbonyl (C=O) groups excluding carboxylic acids is 1. The summed E-state index contributed by atoms with van der Waals surface area (Å²) in [6.07, 6.45) is 0. The summed E-state index contributed by atoms with van der Waals surface area (Å²) in [4.78, 5) is 12.9. The van der Waals surface area contributed by atoms with Crippen molar-refractivity contribution >= 4 is 53.8 Å². The molecule has 0 unspecified atom stereocenters. The van der Waals surface area contributed by atoms with Gasteiger partial charge in [0.05, 0.1) is 27.8 Å². The summed E-state index contributed by atoms with van der Waals surface area (Å²) in [5.41, 5.74) is 0.871. The van der Waals surface area contributed by atoms with Crippen LogP contribution in [0.5, 0.6) is 5.75 Å². The maximum atomic E-state index is 13.5. The lowest BCUT2D eigenvalue weighted by molar-refractivity contribution is -0.114. The van der Waals surface area contributed by atoms with Gasteiger partial charge in [0.1, 0.15) is 18.1 Å². The molecule has 5 aromatic carbocycles. The van der Waals surface area contributed by atoms with Crippen molar-refractivity contribution in [1.82, 2.24) is 0 Å². The molecule has 2 N–H and O–H groups in total. The Morgan fingerprint density at radius 3 is 2.09 bits per heavy atom. The van der Waals surface area contributed by atoms with Crippen molar-refractivity contribution in [2.75, 3.05) is 27.5 Å². The predicted octanol–water partition coefficient (Wildman–Crippen LogP) is 6.01. The molecule has 0 bridgehead atoms. The summed E-state index contributed by atoms with van der Waals surface area (Å²) in [6.45, 7) is 1.61. The first-order valence-electron chi connectivity index (χ1n) is 13.5. The standard InChI is InChI=1S/C32H28FN3O6S2/c1-2-42-27-16-14-26(15-17-27)36(44(40,41)29-18-10-24(33)11-19-29)22-32(37)34-25-12-20-28(21-13-25)43(38,39)35-31-9-5-7-23-6-3-4-8-30(23)31/h3-21,35H,2,22H2,1H3,(H,34,37). The van der Waals surface area contributed by atoms with Crippen molar-refractivity contribution in [3.8, 4) is 5.75 Å². The number of nitrogens with one attached hydrogen (secondary N) is 2. The van der Waals surface area contributed by atoms with E-state index in [1.54, 1.807) is 24.3 Å². The van der Waals surface area contributed by atoms with Gasteiger partial charge in [-0.05, 0) is 91.2 Å². The van der Waals surface area contributed by atoms with Gasteiger partial charge in [0.15, 0.2) is 0 Å². The van der Waals surface area contributed by atoms with Gasteiger partial charge in [0.25, 0.3) is 20.0 Å². The number of benzene rings is 5. The first kappa shape index (κ1) is 30.5. The Hall–Kier alpha value is -4.94. The number of anilines is 3. The Morgan fingerprint density at radius 2 is 1.41 bits per heavy atom. The van der Waals surface area contributed by atoms with Gasteiger partial charge in [-0.1, -0.05) is 36.4 Å². The first-order chi connectivity index (χ1) is 21.1. The van der Waals surface area contributed by atoms with Crippen LogP contribution in [0.3, 0.4) is 0 Å². The molecule has 5 rings (SSSR count). The zero-order valence-corrected chi connectivity index (χ0v) is 25.1. The number of amides is 1. The highest BCUT2D eigenvalue weighted by Crippen LogP contribution is 2.28. The van der Waals surface area contributed by atoms with Gasteiger partial charge in [-0.25, -0.2) is 21.2 Å². The van der Waals surface area contributed by atoms with E-state index in [1.807, 2.05) is 37.3 Å². The molecule has 0 aliphatic rings. The highest BCUT2D eigenvalue weighted by Gasteiger charge is 2.27. The van der Waals surface area contributed by atoms with E-state index in [-0.39, 0.29) is 21.2 Å². The molecule has 0 aliphatic carbocycles. The second-order valence-electron chi connectivity index (χ2n) is 9.60. The minimum absolute atomic E-state index is 0.0293. The minimum Gasteiger partial charge on any atom is -0.494 e. The molecule has 0 spiro atoms. The van der Waals surface area contributed by atoms with E-state index in [0.29, 0.717) is 18.0 Å². The van der Waals surface area contributed by atoms with E-state index in [0.717, 1.165) is 39.3 Å². The third-order valence-electron chi connectivity index (χ3n) is 6.61. The van der Waals surface area contributed by atoms with Gasteiger partial charge in [0.2, 0.25) is 5.91 Å². The summed E-state index contributed by atoms with van der Waals surface area (Å²) in [5, 5.41) is 4.24. The summed E-state index contributed by atoms with van der Waals surface area (Å²) in [7, 11) is -8.23. The van der Waals surface area contributed by atoms with Gasteiger partial charge in [-0.3, -0.25) is 13.8 Å². The summed E-state index contributed by atoms with van der Waals surface area (Å²) >= 11 is 0. The molecule has 0 atom stereocenters. The van der Waals surface area contributed by atoms with Gasteiger partial charge in [-0.15, -0.1) is 0 Å². The second-order valence-corrected chi connectivity index (χ2v) is 13.1. The van der Waals surface area contributed by atoms with Crippen LogP contribution in [0.15, 0.2) is 125 Å². The summed E-state index contributed by atoms with van der Waals surface area (Å²) < 4.78 is 75.8. The molecule has 5 aromatic rings. The fourth-order valence-electron chi connectivity index (χ4n) is 4.49. The molecule has 0 aliphatic heterocycles. The topological polar surface area (TPSA) is 122 Å². The number of sulfonamides is 2. The number of ether oxygens (including phenoxy) is 1. The van der Waals surface area contributed by atoms with Crippen molar-refractivity contribution < 1.29 is 30.8 Å². The summed E-state index contributed by atoms with van der Waals surface area (Å²) in [5.74, 6) is -0.772. The molecule has 44 heavy (non-hydrogen) atoms. The predicted molar refractivity (Wildman–Crippen MR) is 168 cm³/mol. The van der Waals surface area contributed by atoms with E-state index in [2.05, 4.69) is 10.0 Å². The molecule has 9 nitrogen and oxygen atoms in total. The smallest absolute Gasteiger partial charge is 0.264 e. The second kappa shape index (κ2) is 12.7. The number of rotatable bonds is 11. The number of hydrogen-bond acceptors (Lipinski definition) is 6. The van der Waals surface area contributed by atoms with E-state index >= 15 is 0 Å². The van der Waals surface area contributed by atoms with E-state index in [4.69, 9.17) is 4.74 Å². The Labute approximate surface area is 255 Å². The normalized spacial score (nSPS) is 11.6. The average molecular weight is 634 g/mol. The fraction of sp³-hybridized carbons (Fsp3) is 0.0938. The Bertz CT molecular complexity index is 2000. The van der Waals surface area contributed by atoms with Crippen molar-refractivity contribution in [2.24, 2.45) is 0 Å². The molecule has 0 fully saturated rings. The van der Waals surface area contributed by atoms with Crippen LogP contribution in [0.2, 0.25) is 0 Å². The van der Waals surface area contributed by atoms with Crippen LogP contribution in [0.4, 0.5) is 21.5 Å². The van der Waals surface area contributed by atoms with Crippen LogP contribution < -0.4 is 19.1 Å². The van der Waals surface area contributed by atoms with Crippen molar-refractivity contribution in [2.45, 2.75) is 16.7 Å². The van der Waals surface area contributed by atoms with Gasteiger partial charge < -0.3 is 10.1 Å². The van der Waals surface area contributed by atoms with Crippen LogP contribution in [0.1, 0.15) is 6.92 Å². The summed E-state index contributed by atoms with van der Waals surface area (Å²) in [6, 6.07) is 28.6. The molecule has 0 saturated carbocycles. The molecule has 0 aromatic heterocycles. The number of nitrogens with zero attached hydrogens (tertiary/aromatic N) is 1. The molecular weight excluding hydrogens is 605 g/mol. The van der Waals surface area contributed by atoms with Gasteiger partial charge in [-0.2, -0.15) is 0 Å². The highest BCUT2D eigenvalue weighted by molar-refractivity contribution is 7.93. The largest absolute Gasteiger partial charge is 0.494 e. The van der Waals surface area contributed by atoms with Crippen LogP contribution >= 0.6 is 0 Å². The van der Waals surface area contributed by atoms with Gasteiger partial charge in [0, 0.05) is 11.1 Å². The molecule has 0 saturated heterocycles. The van der Waals surface area contributed by atoms with Crippen molar-refractivity contribution in [3.63, 3.8) is 0 Å². The van der Waals surface area contributed by atoms with Crippen LogP contribution in [0.25, 0.3) is 10.8 Å². The lowest BCUT2D eigenvalue weighted by Crippen LogP contribution is -2.38. The van der Waals surface area contributed by atoms with Crippen LogP contribution in [-0.4, -0.2) is 35.9 Å². The molecular formula is C32H28FN3O6S2. The Balaban J connectivity index is 1.34. The maximum Gasteiger partial charge on any atom is 0.264 e. The average Bonchev–Trinajstić information content (AvgIpc) is 3.01. The first-order valence-corrected chi connectivity index (χ1v) is 16.4. The number of hydrogen-bond donors (Lipinski definition) is 2. The van der Waals surface area contributed by atoms with Gasteiger partial charge >= 0.3 is 0 Å². The minimum atomic E-state index is -4.28. The number of carbonyl (C=O) groups is 1. The van der Waals surface area contributed by atoms with Crippen molar-refractivity contribution in [3.05, 3.63) is 121 Å². The highest BCUT2D eigenvalue weighted by atomic mass is 32.2. The van der Waals surface area contributed by atoms with E-state index < -0.39 is 38.3 Å². The Morgan fingerprint density at radius 1 is 0.773 bits per heavy atom. The molecule has 0 heterocycles. The number of halogens is 1. The van der Waals surface area contributed by atoms with Crippen LogP contribution in [-0.2, 0) is 24.8 Å². The van der Waals surface area contributed by atoms with Crippen molar-refractivity contribution in [1.29, 1.82) is 0 Å². The monoisotopic (exact) mass is 633 g/mol. The Kier molecular flexibility index (Phi) is 8.83. The maximum absolute atomic E-state index is 13.5. The zero-order valence-electron chi connectivity index (χ0n) is 23.5. The lowest BCUT2D eigenvalue weighted by atomic mass is 10.1. The fourth-order valence-corrected chi connectivity index (χ4v) is 6.99. The lowest BCUT2D eigenvalue weighted by Gasteiger charge is -2.24. The molecule has 0 radical (unpaired) electrons. The zero-order chi connectivity index (χ0) is 31.3. The third kappa shape index (κ3) is 6.82. The third-order valence-corrected chi connectivity index (χ3v) is 9.78. The van der Waals surface area contributed by atoms with E-state index in [9.17, 15) is 26.0 Å². The van der Waals surface area contributed by atoms with E-state index in [1.165, 1.54) is 36.4 Å². The molecule has 12 heteroatoms.